The Kier molecular flexibility index (Phi) is 5.56. The first-order valence-corrected chi connectivity index (χ1v) is 10.0. The number of fused-ring (bicyclic) bond motifs is 1. The zero-order chi connectivity index (χ0) is 20.4. The molecular weight excluding hydrogens is 373 g/mol. The first-order chi connectivity index (χ1) is 13.9. The highest BCUT2D eigenvalue weighted by Gasteiger charge is 2.45. The topological polar surface area (TPSA) is 56.8 Å². The lowest BCUT2D eigenvalue weighted by molar-refractivity contribution is -0.145. The Hall–Kier alpha value is -2.44. The number of carbonyl (C=O) groups excluding carboxylic acids is 1. The molecule has 3 atom stereocenters. The van der Waals surface area contributed by atoms with Gasteiger partial charge >= 0.3 is 6.09 Å². The summed E-state index contributed by atoms with van der Waals surface area (Å²) in [6.07, 6.45) is 1.91. The Labute approximate surface area is 170 Å². The van der Waals surface area contributed by atoms with Crippen LogP contribution in [-0.4, -0.2) is 24.1 Å². The van der Waals surface area contributed by atoms with Crippen LogP contribution >= 0.6 is 0 Å². The van der Waals surface area contributed by atoms with E-state index in [4.69, 9.17) is 14.2 Å². The fourth-order valence-electron chi connectivity index (χ4n) is 4.21. The fourth-order valence-corrected chi connectivity index (χ4v) is 4.21. The Bertz CT molecular complexity index is 870. The number of hydrogen-bond acceptors (Lipinski definition) is 4. The van der Waals surface area contributed by atoms with Crippen molar-refractivity contribution in [1.29, 1.82) is 0 Å². The third-order valence-corrected chi connectivity index (χ3v) is 5.50. The smallest absolute Gasteiger partial charge is 0.411 e. The molecule has 1 saturated carbocycles. The number of halogens is 1. The van der Waals surface area contributed by atoms with Gasteiger partial charge < -0.3 is 14.2 Å². The zero-order valence-electron chi connectivity index (χ0n) is 16.7. The van der Waals surface area contributed by atoms with E-state index in [9.17, 15) is 9.18 Å². The highest BCUT2D eigenvalue weighted by Crippen LogP contribution is 2.43. The minimum absolute atomic E-state index is 0.00563. The number of benzene rings is 2. The molecule has 2 fully saturated rings. The summed E-state index contributed by atoms with van der Waals surface area (Å²) in [5.41, 5.74) is 1.92. The van der Waals surface area contributed by atoms with Gasteiger partial charge in [0.2, 0.25) is 0 Å². The minimum Gasteiger partial charge on any atom is -0.444 e. The molecule has 1 aliphatic heterocycles. The molecule has 0 spiro atoms. The average molecular weight is 399 g/mol. The highest BCUT2D eigenvalue weighted by atomic mass is 19.1. The van der Waals surface area contributed by atoms with Crippen LogP contribution in [0.25, 0.3) is 0 Å². The normalized spacial score (nSPS) is 25.3. The lowest BCUT2D eigenvalue weighted by Gasteiger charge is -2.30. The van der Waals surface area contributed by atoms with Crippen molar-refractivity contribution in [2.24, 2.45) is 0 Å². The first kappa shape index (κ1) is 19.9. The van der Waals surface area contributed by atoms with Crippen molar-refractivity contribution >= 4 is 11.8 Å². The van der Waals surface area contributed by atoms with Crippen LogP contribution in [0.1, 0.15) is 50.2 Å². The number of rotatable bonds is 4. The van der Waals surface area contributed by atoms with E-state index in [1.807, 2.05) is 44.2 Å². The molecule has 2 aromatic rings. The maximum absolute atomic E-state index is 14.8. The number of ether oxygens (including phenoxy) is 3. The van der Waals surface area contributed by atoms with Crippen LogP contribution in [0.3, 0.4) is 0 Å². The quantitative estimate of drug-likeness (QED) is 0.752. The molecule has 1 N–H and O–H groups in total. The predicted octanol–water partition coefficient (Wildman–Crippen LogP) is 5.36. The van der Waals surface area contributed by atoms with Gasteiger partial charge in [0.15, 0.2) is 5.79 Å². The van der Waals surface area contributed by atoms with Crippen LogP contribution in [-0.2, 0) is 20.8 Å². The van der Waals surface area contributed by atoms with Crippen molar-refractivity contribution in [2.75, 3.05) is 5.32 Å². The van der Waals surface area contributed by atoms with E-state index in [0.717, 1.165) is 24.8 Å². The Morgan fingerprint density at radius 1 is 1.14 bits per heavy atom. The maximum Gasteiger partial charge on any atom is 0.411 e. The van der Waals surface area contributed by atoms with E-state index in [1.165, 1.54) is 6.07 Å². The summed E-state index contributed by atoms with van der Waals surface area (Å²) < 4.78 is 31.8. The molecule has 2 aliphatic rings. The van der Waals surface area contributed by atoms with Gasteiger partial charge in [-0.05, 0) is 62.3 Å². The van der Waals surface area contributed by atoms with Crippen molar-refractivity contribution in [3.05, 3.63) is 65.5 Å². The van der Waals surface area contributed by atoms with Gasteiger partial charge in [0, 0.05) is 5.69 Å². The summed E-state index contributed by atoms with van der Waals surface area (Å²) in [7, 11) is 0. The van der Waals surface area contributed by atoms with Crippen LogP contribution in [0.4, 0.5) is 14.9 Å². The van der Waals surface area contributed by atoms with Crippen LogP contribution in [0.15, 0.2) is 48.5 Å². The summed E-state index contributed by atoms with van der Waals surface area (Å²) in [5.74, 6) is -0.822. The molecule has 2 aromatic carbocycles. The maximum atomic E-state index is 14.8. The molecule has 1 heterocycles. The van der Waals surface area contributed by atoms with Crippen molar-refractivity contribution in [3.8, 4) is 0 Å². The lowest BCUT2D eigenvalue weighted by Crippen LogP contribution is -2.30. The summed E-state index contributed by atoms with van der Waals surface area (Å²) in [5, 5.41) is 2.59. The molecule has 0 radical (unpaired) electrons. The van der Waals surface area contributed by atoms with Crippen LogP contribution in [0.5, 0.6) is 0 Å². The van der Waals surface area contributed by atoms with Gasteiger partial charge in [-0.3, -0.25) is 5.32 Å². The molecule has 4 rings (SSSR count). The SMILES string of the molecule is CC1(C)OC2CCC(c3ccc(NC(=O)OCc4ccccc4)cc3F)C[C@@H]2O1. The number of carbonyl (C=O) groups is 1. The number of anilines is 1. The van der Waals surface area contributed by atoms with Gasteiger partial charge in [-0.2, -0.15) is 0 Å². The molecule has 1 saturated heterocycles. The minimum atomic E-state index is -0.611. The van der Waals surface area contributed by atoms with E-state index >= 15 is 0 Å². The first-order valence-electron chi connectivity index (χ1n) is 10.0. The predicted molar refractivity (Wildman–Crippen MR) is 107 cm³/mol. The fraction of sp³-hybridized carbons (Fsp3) is 0.435. The van der Waals surface area contributed by atoms with E-state index in [-0.39, 0.29) is 30.5 Å². The average Bonchev–Trinajstić information content (AvgIpc) is 3.00. The summed E-state index contributed by atoms with van der Waals surface area (Å²) >= 11 is 0. The molecule has 2 unspecified atom stereocenters. The summed E-state index contributed by atoms with van der Waals surface area (Å²) in [4.78, 5) is 12.0. The van der Waals surface area contributed by atoms with Crippen molar-refractivity contribution in [2.45, 2.75) is 63.6 Å². The Morgan fingerprint density at radius 2 is 1.90 bits per heavy atom. The van der Waals surface area contributed by atoms with Crippen molar-refractivity contribution in [1.82, 2.24) is 0 Å². The monoisotopic (exact) mass is 399 g/mol. The van der Waals surface area contributed by atoms with Crippen LogP contribution in [0.2, 0.25) is 0 Å². The van der Waals surface area contributed by atoms with Crippen LogP contribution < -0.4 is 5.32 Å². The van der Waals surface area contributed by atoms with E-state index < -0.39 is 11.9 Å². The molecule has 6 heteroatoms. The van der Waals surface area contributed by atoms with E-state index in [1.54, 1.807) is 12.1 Å². The third kappa shape index (κ3) is 4.77. The van der Waals surface area contributed by atoms with E-state index in [2.05, 4.69) is 5.32 Å². The highest BCUT2D eigenvalue weighted by molar-refractivity contribution is 5.84. The number of hydrogen-bond donors (Lipinski definition) is 1. The van der Waals surface area contributed by atoms with Gasteiger partial charge in [0.05, 0.1) is 12.2 Å². The van der Waals surface area contributed by atoms with Gasteiger partial charge in [-0.25, -0.2) is 9.18 Å². The van der Waals surface area contributed by atoms with Gasteiger partial charge in [-0.15, -0.1) is 0 Å². The second-order valence-electron chi connectivity index (χ2n) is 8.15. The van der Waals surface area contributed by atoms with Crippen LogP contribution in [0, 0.1) is 5.82 Å². The zero-order valence-corrected chi connectivity index (χ0v) is 16.7. The largest absolute Gasteiger partial charge is 0.444 e. The molecule has 154 valence electrons. The molecule has 0 aromatic heterocycles. The molecular formula is C23H26FNO4. The molecule has 1 aliphatic carbocycles. The Morgan fingerprint density at radius 3 is 2.66 bits per heavy atom. The van der Waals surface area contributed by atoms with Gasteiger partial charge in [0.25, 0.3) is 0 Å². The summed E-state index contributed by atoms with van der Waals surface area (Å²) in [6, 6.07) is 14.2. The van der Waals surface area contributed by atoms with E-state index in [0.29, 0.717) is 11.3 Å². The second-order valence-corrected chi connectivity index (χ2v) is 8.15. The standard InChI is InChI=1S/C23H26FNO4/c1-23(2)28-20-11-8-16(12-21(20)29-23)18-10-9-17(13-19(18)24)25-22(26)27-14-15-6-4-3-5-7-15/h3-7,9-10,13,16,20-21H,8,11-12,14H2,1-2H3,(H,25,26)/t16?,20?,21-/m0/s1. The lowest BCUT2D eigenvalue weighted by atomic mass is 9.81. The second kappa shape index (κ2) is 8.13. The third-order valence-electron chi connectivity index (χ3n) is 5.50. The van der Waals surface area contributed by atoms with Crippen molar-refractivity contribution in [3.63, 3.8) is 0 Å². The molecule has 0 bridgehead atoms. The van der Waals surface area contributed by atoms with Crippen molar-refractivity contribution < 1.29 is 23.4 Å². The number of amides is 1. The van der Waals surface area contributed by atoms with Gasteiger partial charge in [0.1, 0.15) is 12.4 Å². The molecule has 29 heavy (non-hydrogen) atoms. The molecule has 5 nitrogen and oxygen atoms in total. The van der Waals surface area contributed by atoms with Gasteiger partial charge in [-0.1, -0.05) is 36.4 Å². The summed E-state index contributed by atoms with van der Waals surface area (Å²) in [6.45, 7) is 3.99. The molecule has 1 amide bonds. The Balaban J connectivity index is 1.35. The number of nitrogens with one attached hydrogen (secondary N) is 1.